The highest BCUT2D eigenvalue weighted by molar-refractivity contribution is 5.65. The second-order valence-corrected chi connectivity index (χ2v) is 9.97. The smallest absolute Gasteiger partial charge is 0.163 e. The molecule has 1 N–H and O–H groups in total. The fourth-order valence-corrected chi connectivity index (χ4v) is 5.28. The quantitative estimate of drug-likeness (QED) is 0.242. The van der Waals surface area contributed by atoms with Crippen LogP contribution >= 0.6 is 0 Å². The summed E-state index contributed by atoms with van der Waals surface area (Å²) in [5.74, 6) is 1.07. The summed E-state index contributed by atoms with van der Waals surface area (Å²) in [6.07, 6.45) is 6.16. The molecule has 2 heterocycles. The van der Waals surface area contributed by atoms with Crippen molar-refractivity contribution in [3.05, 3.63) is 138 Å². The normalized spacial score (nSPS) is 14.7. The Labute approximate surface area is 228 Å². The lowest BCUT2D eigenvalue weighted by Crippen LogP contribution is -2.39. The lowest BCUT2D eigenvalue weighted by atomic mass is 9.90. The number of halogens is 1. The zero-order valence-corrected chi connectivity index (χ0v) is 21.7. The Balaban J connectivity index is 1.36. The van der Waals surface area contributed by atoms with Gasteiger partial charge in [-0.3, -0.25) is 9.88 Å². The Hall–Kier alpha value is -4.42. The number of aromatic nitrogens is 3. The first-order valence-corrected chi connectivity index (χ1v) is 13.4. The maximum absolute atomic E-state index is 14.0. The van der Waals surface area contributed by atoms with E-state index in [4.69, 9.17) is 9.97 Å². The average molecular weight is 516 g/mol. The molecular weight excluding hydrogens is 485 g/mol. The van der Waals surface area contributed by atoms with Crippen molar-refractivity contribution in [3.63, 3.8) is 0 Å². The first-order chi connectivity index (χ1) is 19.2. The largest absolute Gasteiger partial charge is 0.340 e. The van der Waals surface area contributed by atoms with E-state index in [1.807, 2.05) is 18.2 Å². The van der Waals surface area contributed by atoms with E-state index in [9.17, 15) is 4.39 Å². The molecule has 0 aliphatic heterocycles. The Morgan fingerprint density at radius 3 is 2.23 bits per heavy atom. The van der Waals surface area contributed by atoms with Crippen LogP contribution in [0.3, 0.4) is 0 Å². The Morgan fingerprint density at radius 2 is 1.56 bits per heavy atom. The first kappa shape index (κ1) is 24.9. The van der Waals surface area contributed by atoms with Crippen molar-refractivity contribution in [1.82, 2.24) is 19.9 Å². The molecule has 194 valence electrons. The number of nitrogens with zero attached hydrogens (tertiary/aromatic N) is 4. The monoisotopic (exact) mass is 515 g/mol. The van der Waals surface area contributed by atoms with Crippen molar-refractivity contribution in [2.75, 3.05) is 5.32 Å². The van der Waals surface area contributed by atoms with Gasteiger partial charge in [0.2, 0.25) is 0 Å². The third-order valence-electron chi connectivity index (χ3n) is 7.23. The van der Waals surface area contributed by atoms with Crippen LogP contribution < -0.4 is 5.32 Å². The summed E-state index contributed by atoms with van der Waals surface area (Å²) in [6, 6.07) is 31.9. The molecular formula is C33H30FN5. The molecule has 1 aliphatic rings. The number of rotatable bonds is 8. The number of hydrogen-bond donors (Lipinski definition) is 1. The van der Waals surface area contributed by atoms with E-state index >= 15 is 0 Å². The summed E-state index contributed by atoms with van der Waals surface area (Å²) < 4.78 is 14.0. The molecule has 0 bridgehead atoms. The summed E-state index contributed by atoms with van der Waals surface area (Å²) in [5, 5.41) is 3.41. The van der Waals surface area contributed by atoms with Crippen LogP contribution in [-0.4, -0.2) is 25.9 Å². The maximum Gasteiger partial charge on any atom is 0.163 e. The third kappa shape index (κ3) is 6.02. The van der Waals surface area contributed by atoms with Crippen LogP contribution in [0.2, 0.25) is 0 Å². The van der Waals surface area contributed by atoms with Crippen LogP contribution in [0.5, 0.6) is 0 Å². The van der Waals surface area contributed by atoms with Crippen molar-refractivity contribution in [2.24, 2.45) is 0 Å². The lowest BCUT2D eigenvalue weighted by Gasteiger charge is -2.36. The summed E-state index contributed by atoms with van der Waals surface area (Å²) in [4.78, 5) is 16.7. The molecule has 5 aromatic rings. The minimum Gasteiger partial charge on any atom is -0.340 e. The minimum absolute atomic E-state index is 0.287. The summed E-state index contributed by atoms with van der Waals surface area (Å²) >= 11 is 0. The number of nitrogens with one attached hydrogen (secondary N) is 1. The van der Waals surface area contributed by atoms with Gasteiger partial charge in [0.25, 0.3) is 0 Å². The summed E-state index contributed by atoms with van der Waals surface area (Å²) in [5.41, 5.74) is 6.24. The van der Waals surface area contributed by atoms with Crippen LogP contribution in [0.25, 0.3) is 11.4 Å². The average Bonchev–Trinajstić information content (AvgIpc) is 2.98. The molecule has 1 atom stereocenters. The zero-order chi connectivity index (χ0) is 26.4. The molecule has 39 heavy (non-hydrogen) atoms. The molecule has 3 aromatic carbocycles. The molecule has 0 saturated carbocycles. The predicted octanol–water partition coefficient (Wildman–Crippen LogP) is 6.98. The van der Waals surface area contributed by atoms with Gasteiger partial charge in [-0.1, -0.05) is 66.7 Å². The third-order valence-corrected chi connectivity index (χ3v) is 7.23. The predicted molar refractivity (Wildman–Crippen MR) is 153 cm³/mol. The highest BCUT2D eigenvalue weighted by Gasteiger charge is 2.29. The summed E-state index contributed by atoms with van der Waals surface area (Å²) in [6.45, 7) is 1.72. The van der Waals surface area contributed by atoms with Crippen LogP contribution in [0.4, 0.5) is 15.9 Å². The van der Waals surface area contributed by atoms with Gasteiger partial charge in [0.05, 0.1) is 0 Å². The SMILES string of the molecule is Fc1cccc(Nc2nc(-c3cccnc3)nc3c2CC(N(Cc2ccccc2)Cc2ccccc2)CC3)c1. The van der Waals surface area contributed by atoms with E-state index in [-0.39, 0.29) is 5.82 Å². The number of pyridine rings is 1. The molecule has 0 spiro atoms. The Kier molecular flexibility index (Phi) is 7.36. The lowest BCUT2D eigenvalue weighted by molar-refractivity contribution is 0.161. The minimum atomic E-state index is -0.287. The van der Waals surface area contributed by atoms with E-state index in [1.165, 1.54) is 23.3 Å². The van der Waals surface area contributed by atoms with Crippen molar-refractivity contribution < 1.29 is 4.39 Å². The van der Waals surface area contributed by atoms with Gasteiger partial charge in [0.1, 0.15) is 11.6 Å². The van der Waals surface area contributed by atoms with Gasteiger partial charge in [0, 0.05) is 54.0 Å². The fraction of sp³-hybridized carbons (Fsp3) is 0.182. The van der Waals surface area contributed by atoms with Gasteiger partial charge in [-0.15, -0.1) is 0 Å². The Morgan fingerprint density at radius 1 is 0.821 bits per heavy atom. The molecule has 6 rings (SSSR count). The van der Waals surface area contributed by atoms with Crippen molar-refractivity contribution in [2.45, 2.75) is 38.4 Å². The van der Waals surface area contributed by atoms with E-state index in [1.54, 1.807) is 18.5 Å². The number of benzene rings is 3. The molecule has 0 radical (unpaired) electrons. The first-order valence-electron chi connectivity index (χ1n) is 13.4. The zero-order valence-electron chi connectivity index (χ0n) is 21.7. The van der Waals surface area contributed by atoms with Crippen molar-refractivity contribution in [3.8, 4) is 11.4 Å². The molecule has 1 unspecified atom stereocenters. The topological polar surface area (TPSA) is 53.9 Å². The van der Waals surface area contributed by atoms with Gasteiger partial charge < -0.3 is 5.32 Å². The highest BCUT2D eigenvalue weighted by Crippen LogP contribution is 2.33. The second-order valence-electron chi connectivity index (χ2n) is 9.97. The molecule has 2 aromatic heterocycles. The van der Waals surface area contributed by atoms with E-state index in [0.29, 0.717) is 17.6 Å². The molecule has 0 amide bonds. The molecule has 6 heteroatoms. The fourth-order valence-electron chi connectivity index (χ4n) is 5.28. The summed E-state index contributed by atoms with van der Waals surface area (Å²) in [7, 11) is 0. The van der Waals surface area contributed by atoms with Gasteiger partial charge in [-0.05, 0) is 60.7 Å². The van der Waals surface area contributed by atoms with Gasteiger partial charge in [-0.25, -0.2) is 14.4 Å². The van der Waals surface area contributed by atoms with Crippen molar-refractivity contribution >= 4 is 11.5 Å². The Bertz CT molecular complexity index is 1490. The van der Waals surface area contributed by atoms with Crippen molar-refractivity contribution in [1.29, 1.82) is 0 Å². The second kappa shape index (κ2) is 11.5. The molecule has 5 nitrogen and oxygen atoms in total. The number of anilines is 2. The van der Waals surface area contributed by atoms with E-state index in [0.717, 1.165) is 55.0 Å². The van der Waals surface area contributed by atoms with Crippen LogP contribution in [0.15, 0.2) is 109 Å². The number of fused-ring (bicyclic) bond motifs is 1. The van der Waals surface area contributed by atoms with Gasteiger partial charge in [0.15, 0.2) is 5.82 Å². The van der Waals surface area contributed by atoms with Crippen LogP contribution in [-0.2, 0) is 25.9 Å². The molecule has 1 aliphatic carbocycles. The van der Waals surface area contributed by atoms with E-state index in [2.05, 4.69) is 75.9 Å². The van der Waals surface area contributed by atoms with Crippen LogP contribution in [0, 0.1) is 5.82 Å². The van der Waals surface area contributed by atoms with E-state index < -0.39 is 0 Å². The molecule has 0 saturated heterocycles. The highest BCUT2D eigenvalue weighted by atomic mass is 19.1. The maximum atomic E-state index is 14.0. The van der Waals surface area contributed by atoms with Gasteiger partial charge in [-0.2, -0.15) is 0 Å². The van der Waals surface area contributed by atoms with Gasteiger partial charge >= 0.3 is 0 Å². The standard InChI is InChI=1S/C33H30FN5/c34-27-14-7-15-28(19-27)36-33-30-20-29(16-17-31(30)37-32(38-33)26-13-8-18-35-21-26)39(22-24-9-3-1-4-10-24)23-25-11-5-2-6-12-25/h1-15,18-19,21,29H,16-17,20,22-23H2,(H,36,37,38). The number of aryl methyl sites for hydroxylation is 1. The molecule has 0 fully saturated rings. The number of hydrogen-bond acceptors (Lipinski definition) is 5. The van der Waals surface area contributed by atoms with Crippen LogP contribution in [0.1, 0.15) is 28.8 Å².